The summed E-state index contributed by atoms with van der Waals surface area (Å²) in [5, 5.41) is 8.39. The summed E-state index contributed by atoms with van der Waals surface area (Å²) >= 11 is 1.48. The van der Waals surface area contributed by atoms with Gasteiger partial charge in [0.2, 0.25) is 0 Å². The van der Waals surface area contributed by atoms with Crippen molar-refractivity contribution in [2.45, 2.75) is 13.3 Å². The number of thiophene rings is 1. The van der Waals surface area contributed by atoms with Gasteiger partial charge in [0.05, 0.1) is 17.4 Å². The molecule has 0 aliphatic rings. The fraction of sp³-hybridized carbons (Fsp3) is 0.400. The molecule has 0 fully saturated rings. The fourth-order valence-electron chi connectivity index (χ4n) is 1.06. The molecule has 0 spiro atoms. The average Bonchev–Trinajstić information content (AvgIpc) is 2.60. The van der Waals surface area contributed by atoms with E-state index in [-0.39, 0.29) is 5.91 Å². The van der Waals surface area contributed by atoms with Gasteiger partial charge in [-0.05, 0) is 19.1 Å². The maximum atomic E-state index is 11.7. The molecule has 0 atom stereocenters. The van der Waals surface area contributed by atoms with Gasteiger partial charge in [-0.3, -0.25) is 4.79 Å². The molecule has 0 saturated carbocycles. The van der Waals surface area contributed by atoms with Crippen molar-refractivity contribution in [2.24, 2.45) is 0 Å². The molecule has 3 nitrogen and oxygen atoms in total. The average molecular weight is 208 g/mol. The molecule has 1 aromatic rings. The summed E-state index contributed by atoms with van der Waals surface area (Å²) in [6, 6.07) is 5.77. The molecule has 1 amide bonds. The number of aryl methyl sites for hydroxylation is 1. The minimum atomic E-state index is -0.00153. The van der Waals surface area contributed by atoms with Crippen molar-refractivity contribution >= 4 is 17.2 Å². The molecule has 0 aromatic carbocycles. The monoisotopic (exact) mass is 208 g/mol. The Labute approximate surface area is 87.6 Å². The zero-order valence-electron chi connectivity index (χ0n) is 8.28. The lowest BCUT2D eigenvalue weighted by Gasteiger charge is -2.13. The van der Waals surface area contributed by atoms with Gasteiger partial charge in [0.25, 0.3) is 5.91 Å². The molecule has 0 aliphatic carbocycles. The van der Waals surface area contributed by atoms with E-state index in [2.05, 4.69) is 0 Å². The number of amides is 1. The summed E-state index contributed by atoms with van der Waals surface area (Å²) in [4.78, 5) is 15.1. The van der Waals surface area contributed by atoms with Crippen molar-refractivity contribution in [2.75, 3.05) is 13.6 Å². The molecule has 0 N–H and O–H groups in total. The van der Waals surface area contributed by atoms with Crippen LogP contribution in [0.1, 0.15) is 21.0 Å². The van der Waals surface area contributed by atoms with Gasteiger partial charge in [0.15, 0.2) is 0 Å². The van der Waals surface area contributed by atoms with Crippen LogP contribution in [0.15, 0.2) is 12.1 Å². The Morgan fingerprint density at radius 2 is 2.36 bits per heavy atom. The topological polar surface area (TPSA) is 44.1 Å². The van der Waals surface area contributed by atoms with E-state index in [1.54, 1.807) is 11.9 Å². The van der Waals surface area contributed by atoms with E-state index < -0.39 is 0 Å². The first-order valence-electron chi connectivity index (χ1n) is 4.34. The second-order valence-electron chi connectivity index (χ2n) is 3.05. The molecule has 1 aromatic heterocycles. The quantitative estimate of drug-likeness (QED) is 0.763. The predicted molar refractivity (Wildman–Crippen MR) is 56.2 cm³/mol. The highest BCUT2D eigenvalue weighted by Crippen LogP contribution is 2.16. The Balaban J connectivity index is 2.62. The van der Waals surface area contributed by atoms with Gasteiger partial charge >= 0.3 is 0 Å². The molecule has 0 aliphatic heterocycles. The van der Waals surface area contributed by atoms with Crippen molar-refractivity contribution in [3.63, 3.8) is 0 Å². The number of nitrogens with zero attached hydrogens (tertiary/aromatic N) is 2. The predicted octanol–water partition coefficient (Wildman–Crippen LogP) is 2.04. The number of hydrogen-bond acceptors (Lipinski definition) is 3. The van der Waals surface area contributed by atoms with Crippen molar-refractivity contribution in [1.29, 1.82) is 5.26 Å². The summed E-state index contributed by atoms with van der Waals surface area (Å²) in [6.07, 6.45) is 0.382. The molecule has 0 unspecified atom stereocenters. The zero-order valence-corrected chi connectivity index (χ0v) is 9.10. The lowest BCUT2D eigenvalue weighted by molar-refractivity contribution is 0.0803. The molecule has 74 valence electrons. The van der Waals surface area contributed by atoms with E-state index in [1.807, 2.05) is 25.1 Å². The van der Waals surface area contributed by atoms with Gasteiger partial charge in [-0.25, -0.2) is 0 Å². The first kappa shape index (κ1) is 10.7. The number of carbonyl (C=O) groups is 1. The van der Waals surface area contributed by atoms with Gasteiger partial charge in [-0.15, -0.1) is 11.3 Å². The summed E-state index contributed by atoms with van der Waals surface area (Å²) in [6.45, 7) is 2.46. The van der Waals surface area contributed by atoms with Gasteiger partial charge in [-0.2, -0.15) is 5.26 Å². The largest absolute Gasteiger partial charge is 0.340 e. The fourth-order valence-corrected chi connectivity index (χ4v) is 1.92. The van der Waals surface area contributed by atoms with E-state index in [1.165, 1.54) is 11.3 Å². The van der Waals surface area contributed by atoms with Crippen LogP contribution in [0.25, 0.3) is 0 Å². The highest BCUT2D eigenvalue weighted by Gasteiger charge is 2.12. The highest BCUT2D eigenvalue weighted by molar-refractivity contribution is 7.13. The van der Waals surface area contributed by atoms with Gasteiger partial charge in [-0.1, -0.05) is 0 Å². The molecule has 14 heavy (non-hydrogen) atoms. The first-order valence-corrected chi connectivity index (χ1v) is 5.15. The minimum Gasteiger partial charge on any atom is -0.340 e. The summed E-state index contributed by atoms with van der Waals surface area (Å²) < 4.78 is 0. The van der Waals surface area contributed by atoms with E-state index in [0.717, 1.165) is 9.75 Å². The van der Waals surface area contributed by atoms with Crippen LogP contribution in [0, 0.1) is 18.3 Å². The summed E-state index contributed by atoms with van der Waals surface area (Å²) in [7, 11) is 1.72. The summed E-state index contributed by atoms with van der Waals surface area (Å²) in [5.74, 6) is -0.00153. The van der Waals surface area contributed by atoms with Crippen molar-refractivity contribution in [3.05, 3.63) is 21.9 Å². The third-order valence-corrected chi connectivity index (χ3v) is 2.85. The van der Waals surface area contributed by atoms with Crippen molar-refractivity contribution < 1.29 is 4.79 Å². The van der Waals surface area contributed by atoms with E-state index in [4.69, 9.17) is 5.26 Å². The Morgan fingerprint density at radius 1 is 1.64 bits per heavy atom. The maximum absolute atomic E-state index is 11.7. The second-order valence-corrected chi connectivity index (χ2v) is 4.33. The molecule has 0 radical (unpaired) electrons. The third-order valence-electron chi connectivity index (χ3n) is 1.86. The first-order chi connectivity index (χ1) is 6.65. The highest BCUT2D eigenvalue weighted by atomic mass is 32.1. The van der Waals surface area contributed by atoms with Crippen LogP contribution >= 0.6 is 11.3 Å². The molecular weight excluding hydrogens is 196 g/mol. The standard InChI is InChI=1S/C10H12N2OS/c1-8-4-5-9(14-8)10(13)12(2)7-3-6-11/h4-5H,3,7H2,1-2H3. The van der Waals surface area contributed by atoms with Crippen LogP contribution in [0.4, 0.5) is 0 Å². The van der Waals surface area contributed by atoms with E-state index >= 15 is 0 Å². The van der Waals surface area contributed by atoms with Gasteiger partial charge in [0, 0.05) is 18.5 Å². The Kier molecular flexibility index (Phi) is 3.66. The molecule has 1 rings (SSSR count). The van der Waals surface area contributed by atoms with E-state index in [0.29, 0.717) is 13.0 Å². The van der Waals surface area contributed by atoms with E-state index in [9.17, 15) is 4.79 Å². The molecule has 0 bridgehead atoms. The van der Waals surface area contributed by atoms with Gasteiger partial charge < -0.3 is 4.90 Å². The number of rotatable bonds is 3. The smallest absolute Gasteiger partial charge is 0.263 e. The summed E-state index contributed by atoms with van der Waals surface area (Å²) in [5.41, 5.74) is 0. The van der Waals surface area contributed by atoms with Crippen LogP contribution in [-0.4, -0.2) is 24.4 Å². The maximum Gasteiger partial charge on any atom is 0.263 e. The zero-order chi connectivity index (χ0) is 10.6. The number of carbonyl (C=O) groups excluding carboxylic acids is 1. The third kappa shape index (κ3) is 2.57. The van der Waals surface area contributed by atoms with Crippen LogP contribution in [0.5, 0.6) is 0 Å². The molecular formula is C10H12N2OS. The van der Waals surface area contributed by atoms with Crippen molar-refractivity contribution in [1.82, 2.24) is 4.90 Å². The lowest BCUT2D eigenvalue weighted by atomic mass is 10.3. The normalized spacial score (nSPS) is 9.50. The van der Waals surface area contributed by atoms with Gasteiger partial charge in [0.1, 0.15) is 0 Å². The lowest BCUT2D eigenvalue weighted by Crippen LogP contribution is -2.26. The Hall–Kier alpha value is -1.34. The number of nitriles is 1. The molecule has 1 heterocycles. The minimum absolute atomic E-state index is 0.00153. The SMILES string of the molecule is Cc1ccc(C(=O)N(C)CCC#N)s1. The molecule has 4 heteroatoms. The molecule has 0 saturated heterocycles. The van der Waals surface area contributed by atoms with Crippen LogP contribution in [0.2, 0.25) is 0 Å². The van der Waals surface area contributed by atoms with Crippen LogP contribution in [0.3, 0.4) is 0 Å². The second kappa shape index (κ2) is 4.77. The van der Waals surface area contributed by atoms with Crippen LogP contribution in [-0.2, 0) is 0 Å². The van der Waals surface area contributed by atoms with Crippen molar-refractivity contribution in [3.8, 4) is 6.07 Å². The Morgan fingerprint density at radius 3 is 2.86 bits per heavy atom. The number of hydrogen-bond donors (Lipinski definition) is 0. The van der Waals surface area contributed by atoms with Crippen LogP contribution < -0.4 is 0 Å². The Bertz CT molecular complexity index is 364.